The maximum atomic E-state index is 6.16. The third kappa shape index (κ3) is 2.82. The van der Waals surface area contributed by atoms with Gasteiger partial charge in [-0.2, -0.15) is 0 Å². The van der Waals surface area contributed by atoms with Gasteiger partial charge in [-0.1, -0.05) is 24.9 Å². The second kappa shape index (κ2) is 5.72. The third-order valence-corrected chi connectivity index (χ3v) is 4.48. The second-order valence-corrected chi connectivity index (χ2v) is 6.14. The number of rotatable bonds is 3. The lowest BCUT2D eigenvalue weighted by Gasteiger charge is -2.36. The van der Waals surface area contributed by atoms with Gasteiger partial charge in [0, 0.05) is 38.1 Å². The molecule has 0 bridgehead atoms. The van der Waals surface area contributed by atoms with Gasteiger partial charge >= 0.3 is 0 Å². The Hall–Kier alpha value is -1.10. The highest BCUT2D eigenvalue weighted by atomic mass is 35.5. The van der Waals surface area contributed by atoms with Crippen LogP contribution < -0.4 is 5.73 Å². The van der Waals surface area contributed by atoms with Crippen LogP contribution in [-0.4, -0.2) is 33.4 Å². The standard InChI is InChI=1S/C15H21ClN4/c1-2-11-7-19(6-5-14(11)17)9-13-10-20-8-12(16)3-4-15(20)18-13/h3-4,8,10-11,14H,2,5-7,9,17H2,1H3. The lowest BCUT2D eigenvalue weighted by molar-refractivity contribution is 0.144. The Bertz CT molecular complexity index is 595. The van der Waals surface area contributed by atoms with E-state index in [2.05, 4.69) is 23.0 Å². The molecule has 0 saturated carbocycles. The van der Waals surface area contributed by atoms with Gasteiger partial charge in [0.15, 0.2) is 0 Å². The first-order valence-corrected chi connectivity index (χ1v) is 7.64. The van der Waals surface area contributed by atoms with Crippen LogP contribution in [0.1, 0.15) is 25.5 Å². The van der Waals surface area contributed by atoms with Crippen LogP contribution in [0.25, 0.3) is 5.65 Å². The number of aromatic nitrogens is 2. The van der Waals surface area contributed by atoms with E-state index in [0.29, 0.717) is 12.0 Å². The summed E-state index contributed by atoms with van der Waals surface area (Å²) in [7, 11) is 0. The Balaban J connectivity index is 1.73. The second-order valence-electron chi connectivity index (χ2n) is 5.70. The summed E-state index contributed by atoms with van der Waals surface area (Å²) in [6.45, 7) is 5.25. The number of fused-ring (bicyclic) bond motifs is 1. The van der Waals surface area contributed by atoms with E-state index in [9.17, 15) is 0 Å². The average molecular weight is 293 g/mol. The highest BCUT2D eigenvalue weighted by Gasteiger charge is 2.25. The summed E-state index contributed by atoms with van der Waals surface area (Å²) < 4.78 is 1.99. The van der Waals surface area contributed by atoms with E-state index in [1.54, 1.807) is 0 Å². The molecule has 0 aromatic carbocycles. The molecule has 0 amide bonds. The lowest BCUT2D eigenvalue weighted by Crippen LogP contribution is -2.46. The number of halogens is 1. The van der Waals surface area contributed by atoms with Crippen molar-refractivity contribution in [2.24, 2.45) is 11.7 Å². The van der Waals surface area contributed by atoms with Crippen molar-refractivity contribution >= 4 is 17.2 Å². The number of nitrogens with two attached hydrogens (primary N) is 1. The molecule has 108 valence electrons. The van der Waals surface area contributed by atoms with Crippen molar-refractivity contribution in [3.63, 3.8) is 0 Å². The van der Waals surface area contributed by atoms with Crippen molar-refractivity contribution < 1.29 is 0 Å². The molecular weight excluding hydrogens is 272 g/mol. The van der Waals surface area contributed by atoms with Gasteiger partial charge in [-0.15, -0.1) is 0 Å². The normalized spacial score (nSPS) is 24.4. The van der Waals surface area contributed by atoms with Crippen LogP contribution in [0.5, 0.6) is 0 Å². The molecule has 1 aliphatic rings. The van der Waals surface area contributed by atoms with Gasteiger partial charge in [0.25, 0.3) is 0 Å². The van der Waals surface area contributed by atoms with Crippen molar-refractivity contribution in [1.82, 2.24) is 14.3 Å². The molecule has 4 nitrogen and oxygen atoms in total. The maximum absolute atomic E-state index is 6.16. The number of likely N-dealkylation sites (tertiary alicyclic amines) is 1. The van der Waals surface area contributed by atoms with Crippen molar-refractivity contribution in [3.05, 3.63) is 35.2 Å². The first kappa shape index (κ1) is 13.9. The van der Waals surface area contributed by atoms with E-state index in [0.717, 1.165) is 48.8 Å². The van der Waals surface area contributed by atoms with Gasteiger partial charge in [0.2, 0.25) is 0 Å². The fourth-order valence-corrected chi connectivity index (χ4v) is 3.19. The van der Waals surface area contributed by atoms with Crippen LogP contribution in [0, 0.1) is 5.92 Å². The summed E-state index contributed by atoms with van der Waals surface area (Å²) in [5, 5.41) is 0.733. The fourth-order valence-electron chi connectivity index (χ4n) is 3.02. The van der Waals surface area contributed by atoms with E-state index in [4.69, 9.17) is 17.3 Å². The molecule has 2 aromatic rings. The third-order valence-electron chi connectivity index (χ3n) is 4.25. The largest absolute Gasteiger partial charge is 0.327 e. The van der Waals surface area contributed by atoms with Crippen LogP contribution in [0.3, 0.4) is 0 Å². The highest BCUT2D eigenvalue weighted by molar-refractivity contribution is 6.30. The van der Waals surface area contributed by atoms with Crippen molar-refractivity contribution in [2.45, 2.75) is 32.4 Å². The molecule has 2 atom stereocenters. The summed E-state index contributed by atoms with van der Waals surface area (Å²) in [5.74, 6) is 0.607. The molecule has 1 fully saturated rings. The molecule has 0 radical (unpaired) electrons. The Morgan fingerprint density at radius 3 is 3.05 bits per heavy atom. The van der Waals surface area contributed by atoms with Gasteiger partial charge in [-0.05, 0) is 24.5 Å². The van der Waals surface area contributed by atoms with Crippen LogP contribution in [0.15, 0.2) is 24.5 Å². The van der Waals surface area contributed by atoms with E-state index in [-0.39, 0.29) is 0 Å². The molecule has 3 heterocycles. The number of hydrogen-bond acceptors (Lipinski definition) is 3. The minimum atomic E-state index is 0.358. The first-order chi connectivity index (χ1) is 9.65. The molecule has 20 heavy (non-hydrogen) atoms. The van der Waals surface area contributed by atoms with Crippen molar-refractivity contribution in [1.29, 1.82) is 0 Å². The molecule has 5 heteroatoms. The molecule has 2 unspecified atom stereocenters. The van der Waals surface area contributed by atoms with Crippen LogP contribution in [0.4, 0.5) is 0 Å². The minimum absolute atomic E-state index is 0.358. The van der Waals surface area contributed by atoms with Gasteiger partial charge in [-0.25, -0.2) is 4.98 Å². The summed E-state index contributed by atoms with van der Waals surface area (Å²) in [6.07, 6.45) is 6.20. The van der Waals surface area contributed by atoms with E-state index in [1.807, 2.05) is 22.7 Å². The highest BCUT2D eigenvalue weighted by Crippen LogP contribution is 2.20. The van der Waals surface area contributed by atoms with Crippen LogP contribution >= 0.6 is 11.6 Å². The summed E-state index contributed by atoms with van der Waals surface area (Å²) >= 11 is 6.00. The predicted molar refractivity (Wildman–Crippen MR) is 81.9 cm³/mol. The zero-order valence-corrected chi connectivity index (χ0v) is 12.6. The zero-order valence-electron chi connectivity index (χ0n) is 11.8. The quantitative estimate of drug-likeness (QED) is 0.946. The smallest absolute Gasteiger partial charge is 0.137 e. The lowest BCUT2D eigenvalue weighted by atomic mass is 9.91. The summed E-state index contributed by atoms with van der Waals surface area (Å²) in [4.78, 5) is 7.11. The van der Waals surface area contributed by atoms with Crippen LogP contribution in [0.2, 0.25) is 5.02 Å². The van der Waals surface area contributed by atoms with Gasteiger partial charge < -0.3 is 10.1 Å². The molecule has 2 aromatic heterocycles. The first-order valence-electron chi connectivity index (χ1n) is 7.26. The van der Waals surface area contributed by atoms with Crippen molar-refractivity contribution in [3.8, 4) is 0 Å². The maximum Gasteiger partial charge on any atom is 0.137 e. The number of piperidine rings is 1. The molecule has 3 rings (SSSR count). The molecule has 0 aliphatic carbocycles. The molecule has 1 aliphatic heterocycles. The number of nitrogens with zero attached hydrogens (tertiary/aromatic N) is 3. The zero-order chi connectivity index (χ0) is 14.1. The molecular formula is C15H21ClN4. The number of pyridine rings is 1. The predicted octanol–water partition coefficient (Wildman–Crippen LogP) is 2.55. The Labute approximate surface area is 124 Å². The Kier molecular flexibility index (Phi) is 3.96. The molecule has 1 saturated heterocycles. The van der Waals surface area contributed by atoms with Gasteiger partial charge in [0.1, 0.15) is 5.65 Å². The average Bonchev–Trinajstić information content (AvgIpc) is 2.82. The van der Waals surface area contributed by atoms with Crippen LogP contribution in [-0.2, 0) is 6.54 Å². The fraction of sp³-hybridized carbons (Fsp3) is 0.533. The van der Waals surface area contributed by atoms with E-state index >= 15 is 0 Å². The molecule has 0 spiro atoms. The topological polar surface area (TPSA) is 46.6 Å². The molecule has 2 N–H and O–H groups in total. The summed E-state index contributed by atoms with van der Waals surface area (Å²) in [5.41, 5.74) is 8.21. The number of imidazole rings is 1. The van der Waals surface area contributed by atoms with E-state index in [1.165, 1.54) is 0 Å². The minimum Gasteiger partial charge on any atom is -0.327 e. The van der Waals surface area contributed by atoms with E-state index < -0.39 is 0 Å². The van der Waals surface area contributed by atoms with Gasteiger partial charge in [-0.3, -0.25) is 4.90 Å². The number of hydrogen-bond donors (Lipinski definition) is 1. The SMILES string of the molecule is CCC1CN(Cc2cn3cc(Cl)ccc3n2)CCC1N. The Morgan fingerprint density at radius 2 is 2.25 bits per heavy atom. The monoisotopic (exact) mass is 292 g/mol. The summed E-state index contributed by atoms with van der Waals surface area (Å²) in [6, 6.07) is 4.18. The van der Waals surface area contributed by atoms with Gasteiger partial charge in [0.05, 0.1) is 10.7 Å². The van der Waals surface area contributed by atoms with Crippen molar-refractivity contribution in [2.75, 3.05) is 13.1 Å². The Morgan fingerprint density at radius 1 is 1.40 bits per heavy atom.